The maximum Gasteiger partial charge on any atom is 0.522 e. The molecule has 0 heterocycles. The molecule has 0 N–H and O–H groups in total. The van der Waals surface area contributed by atoms with Crippen LogP contribution in [0.1, 0.15) is 91.4 Å². The Morgan fingerprint density at radius 1 is 0.840 bits per heavy atom. The van der Waals surface area contributed by atoms with E-state index < -0.39 is 12.5 Å². The van der Waals surface area contributed by atoms with Gasteiger partial charge in [0, 0.05) is 0 Å². The fourth-order valence-corrected chi connectivity index (χ4v) is 5.28. The van der Waals surface area contributed by atoms with Gasteiger partial charge in [-0.25, -0.2) is 0 Å². The summed E-state index contributed by atoms with van der Waals surface area (Å²) in [6, 6.07) is 0. The lowest BCUT2D eigenvalue weighted by Crippen LogP contribution is -2.32. The summed E-state index contributed by atoms with van der Waals surface area (Å²) < 4.78 is 41.2. The molecule has 1 nitrogen and oxygen atoms in total. The van der Waals surface area contributed by atoms with Crippen molar-refractivity contribution in [2.75, 3.05) is 0 Å². The minimum absolute atomic E-state index is 0.579. The maximum absolute atomic E-state index is 12.3. The summed E-state index contributed by atoms with van der Waals surface area (Å²) in [6.45, 7) is 6.95. The van der Waals surface area contributed by atoms with E-state index in [9.17, 15) is 13.2 Å². The van der Waals surface area contributed by atoms with E-state index in [2.05, 4.69) is 25.5 Å². The second kappa shape index (κ2) is 9.62. The van der Waals surface area contributed by atoms with Crippen molar-refractivity contribution in [1.29, 1.82) is 0 Å². The molecular formula is C21H37F3O. The van der Waals surface area contributed by atoms with Crippen molar-refractivity contribution in [3.8, 4) is 0 Å². The molecule has 0 spiro atoms. The number of ether oxygens (including phenoxy) is 1. The molecule has 2 aliphatic carbocycles. The molecule has 25 heavy (non-hydrogen) atoms. The number of halogens is 3. The molecule has 2 fully saturated rings. The molecule has 1 unspecified atom stereocenters. The van der Waals surface area contributed by atoms with E-state index in [0.717, 1.165) is 36.5 Å². The van der Waals surface area contributed by atoms with Crippen molar-refractivity contribution in [2.45, 2.75) is 104 Å². The molecule has 148 valence electrons. The summed E-state index contributed by atoms with van der Waals surface area (Å²) in [5, 5.41) is 0. The molecule has 0 aromatic carbocycles. The van der Waals surface area contributed by atoms with Crippen molar-refractivity contribution in [3.63, 3.8) is 0 Å². The molecule has 0 saturated heterocycles. The zero-order valence-corrected chi connectivity index (χ0v) is 16.3. The Kier molecular flexibility index (Phi) is 8.10. The van der Waals surface area contributed by atoms with Crippen molar-refractivity contribution >= 4 is 0 Å². The van der Waals surface area contributed by atoms with Gasteiger partial charge in [-0.1, -0.05) is 33.6 Å². The maximum atomic E-state index is 12.3. The van der Waals surface area contributed by atoms with Gasteiger partial charge >= 0.3 is 6.36 Å². The summed E-state index contributed by atoms with van der Waals surface area (Å²) in [5.41, 5.74) is 0. The molecule has 0 aliphatic heterocycles. The van der Waals surface area contributed by atoms with Gasteiger partial charge in [0.2, 0.25) is 0 Å². The Labute approximate surface area is 152 Å². The number of hydrogen-bond donors (Lipinski definition) is 0. The van der Waals surface area contributed by atoms with Gasteiger partial charge in [0.25, 0.3) is 0 Å². The third kappa shape index (κ3) is 7.11. The standard InChI is InChI=1S/C21H37F3O/c1-4-16(6-5-15(2)3)17-7-9-18(10-8-17)19-11-13-20(14-12-19)25-21(22,23)24/h15-20H,4-14H2,1-3H3. The number of rotatable bonds is 7. The molecule has 0 bridgehead atoms. The number of alkyl halides is 3. The first-order chi connectivity index (χ1) is 11.8. The molecule has 0 amide bonds. The van der Waals surface area contributed by atoms with Crippen LogP contribution in [-0.2, 0) is 4.74 Å². The van der Waals surface area contributed by atoms with Crippen LogP contribution in [0.4, 0.5) is 13.2 Å². The third-order valence-electron chi connectivity index (χ3n) is 6.81. The van der Waals surface area contributed by atoms with Crippen LogP contribution in [0.5, 0.6) is 0 Å². The number of hydrogen-bond acceptors (Lipinski definition) is 1. The zero-order valence-electron chi connectivity index (χ0n) is 16.3. The lowest BCUT2D eigenvalue weighted by Gasteiger charge is -2.39. The molecule has 2 rings (SSSR count). The van der Waals surface area contributed by atoms with Crippen LogP contribution in [0.2, 0.25) is 0 Å². The highest BCUT2D eigenvalue weighted by Gasteiger charge is 2.37. The highest BCUT2D eigenvalue weighted by Crippen LogP contribution is 2.44. The summed E-state index contributed by atoms with van der Waals surface area (Å²) in [7, 11) is 0. The molecule has 0 aromatic rings. The average molecular weight is 363 g/mol. The lowest BCUT2D eigenvalue weighted by molar-refractivity contribution is -0.346. The topological polar surface area (TPSA) is 9.23 Å². The summed E-state index contributed by atoms with van der Waals surface area (Å²) in [5.74, 6) is 3.92. The Hall–Kier alpha value is -0.250. The van der Waals surface area contributed by atoms with E-state index in [4.69, 9.17) is 0 Å². The normalized spacial score (nSPS) is 32.8. The largest absolute Gasteiger partial charge is 0.522 e. The molecule has 1 atom stereocenters. The van der Waals surface area contributed by atoms with Crippen molar-refractivity contribution in [3.05, 3.63) is 0 Å². The van der Waals surface area contributed by atoms with Crippen molar-refractivity contribution < 1.29 is 17.9 Å². The van der Waals surface area contributed by atoms with Crippen LogP contribution in [0.25, 0.3) is 0 Å². The van der Waals surface area contributed by atoms with Crippen LogP contribution in [0, 0.1) is 29.6 Å². The molecule has 2 saturated carbocycles. The molecule has 0 aromatic heterocycles. The fourth-order valence-electron chi connectivity index (χ4n) is 5.28. The third-order valence-corrected chi connectivity index (χ3v) is 6.81. The van der Waals surface area contributed by atoms with Crippen LogP contribution in [0.15, 0.2) is 0 Å². The van der Waals surface area contributed by atoms with Crippen LogP contribution >= 0.6 is 0 Å². The van der Waals surface area contributed by atoms with Gasteiger partial charge in [-0.15, -0.1) is 13.2 Å². The van der Waals surface area contributed by atoms with E-state index in [1.165, 1.54) is 44.9 Å². The van der Waals surface area contributed by atoms with Crippen LogP contribution in [0.3, 0.4) is 0 Å². The Morgan fingerprint density at radius 3 is 1.80 bits per heavy atom. The van der Waals surface area contributed by atoms with Gasteiger partial charge < -0.3 is 0 Å². The van der Waals surface area contributed by atoms with Gasteiger partial charge in [-0.05, 0) is 87.4 Å². The minimum Gasteiger partial charge on any atom is -0.289 e. The van der Waals surface area contributed by atoms with E-state index in [-0.39, 0.29) is 0 Å². The van der Waals surface area contributed by atoms with Crippen LogP contribution < -0.4 is 0 Å². The zero-order chi connectivity index (χ0) is 18.4. The van der Waals surface area contributed by atoms with Gasteiger partial charge in [-0.3, -0.25) is 4.74 Å². The van der Waals surface area contributed by atoms with E-state index >= 15 is 0 Å². The molecule has 0 radical (unpaired) electrons. The van der Waals surface area contributed by atoms with E-state index in [1.807, 2.05) is 0 Å². The Balaban J connectivity index is 1.71. The predicted molar refractivity (Wildman–Crippen MR) is 96.2 cm³/mol. The quantitative estimate of drug-likeness (QED) is 0.460. The van der Waals surface area contributed by atoms with E-state index in [1.54, 1.807) is 0 Å². The summed E-state index contributed by atoms with van der Waals surface area (Å²) >= 11 is 0. The highest BCUT2D eigenvalue weighted by molar-refractivity contribution is 4.84. The summed E-state index contributed by atoms with van der Waals surface area (Å²) in [6.07, 6.45) is 7.16. The first-order valence-electron chi connectivity index (χ1n) is 10.5. The Bertz CT molecular complexity index is 364. The highest BCUT2D eigenvalue weighted by atomic mass is 19.4. The molecule has 4 heteroatoms. The average Bonchev–Trinajstić information content (AvgIpc) is 2.55. The first-order valence-corrected chi connectivity index (χ1v) is 10.5. The van der Waals surface area contributed by atoms with Crippen molar-refractivity contribution in [1.82, 2.24) is 0 Å². The SMILES string of the molecule is CCC(CCC(C)C)C1CCC(C2CCC(OC(F)(F)F)CC2)CC1. The van der Waals surface area contributed by atoms with Crippen LogP contribution in [-0.4, -0.2) is 12.5 Å². The predicted octanol–water partition coefficient (Wildman–Crippen LogP) is 7.35. The molecule has 2 aliphatic rings. The second-order valence-electron chi connectivity index (χ2n) is 8.91. The monoisotopic (exact) mass is 362 g/mol. The minimum atomic E-state index is -4.47. The second-order valence-corrected chi connectivity index (χ2v) is 8.91. The van der Waals surface area contributed by atoms with Gasteiger partial charge in [-0.2, -0.15) is 0 Å². The fraction of sp³-hybridized carbons (Fsp3) is 1.00. The summed E-state index contributed by atoms with van der Waals surface area (Å²) in [4.78, 5) is 0. The van der Waals surface area contributed by atoms with Gasteiger partial charge in [0.15, 0.2) is 0 Å². The smallest absolute Gasteiger partial charge is 0.289 e. The van der Waals surface area contributed by atoms with Crippen molar-refractivity contribution in [2.24, 2.45) is 29.6 Å². The Morgan fingerprint density at radius 2 is 1.36 bits per heavy atom. The first kappa shape index (κ1) is 21.1. The molecular weight excluding hydrogens is 325 g/mol. The lowest BCUT2D eigenvalue weighted by atomic mass is 9.67. The van der Waals surface area contributed by atoms with Gasteiger partial charge in [0.05, 0.1) is 6.10 Å². The van der Waals surface area contributed by atoms with Gasteiger partial charge in [0.1, 0.15) is 0 Å². The van der Waals surface area contributed by atoms with E-state index in [0.29, 0.717) is 18.8 Å².